The van der Waals surface area contributed by atoms with Crippen LogP contribution in [0.4, 0.5) is 0 Å². The minimum absolute atomic E-state index is 0.495. The minimum Gasteiger partial charge on any atom is -0.481 e. The molecule has 8 heteroatoms. The highest BCUT2D eigenvalue weighted by atomic mass is 32.2. The Bertz CT molecular complexity index is 574. The monoisotopic (exact) mass is 331 g/mol. The summed E-state index contributed by atoms with van der Waals surface area (Å²) in [6.07, 6.45) is 0. The Kier molecular flexibility index (Phi) is 4.58. The number of fused-ring (bicyclic) bond motifs is 1. The van der Waals surface area contributed by atoms with Crippen LogP contribution in [0.1, 0.15) is 34.6 Å². The molecular weight excluding hydrogens is 310 g/mol. The van der Waals surface area contributed by atoms with Crippen molar-refractivity contribution < 1.29 is 29.4 Å². The maximum Gasteiger partial charge on any atom is 0.327 e. The van der Waals surface area contributed by atoms with Gasteiger partial charge in [0.2, 0.25) is 0 Å². The summed E-state index contributed by atoms with van der Waals surface area (Å²) < 4.78 is -0.641. The summed E-state index contributed by atoms with van der Waals surface area (Å²) in [5, 5.41) is 16.7. The van der Waals surface area contributed by atoms with E-state index in [0.29, 0.717) is 0 Å². The maximum absolute atomic E-state index is 11.3. The number of carbonyl (C=O) groups is 4. The highest BCUT2D eigenvalue weighted by Gasteiger charge is 2.64. The first-order valence-corrected chi connectivity index (χ1v) is 8.06. The molecule has 1 amide bonds. The number of ketones is 1. The van der Waals surface area contributed by atoms with E-state index in [1.165, 1.54) is 4.90 Å². The summed E-state index contributed by atoms with van der Waals surface area (Å²) in [6, 6.07) is -0.923. The average Bonchev–Trinajstić information content (AvgIpc) is 2.54. The van der Waals surface area contributed by atoms with E-state index < -0.39 is 55.7 Å². The van der Waals surface area contributed by atoms with Gasteiger partial charge in [0.15, 0.2) is 0 Å². The molecular formula is C14H21NO6S. The van der Waals surface area contributed by atoms with E-state index in [1.807, 2.05) is 0 Å². The minimum atomic E-state index is -1.07. The van der Waals surface area contributed by atoms with Crippen molar-refractivity contribution >= 4 is 40.0 Å². The molecule has 0 bridgehead atoms. The van der Waals surface area contributed by atoms with Crippen LogP contribution in [0.5, 0.6) is 0 Å². The number of carboxylic acids is 2. The number of amides is 1. The van der Waals surface area contributed by atoms with Crippen LogP contribution in [0.25, 0.3) is 0 Å². The predicted octanol–water partition coefficient (Wildman–Crippen LogP) is 0.787. The molecule has 2 heterocycles. The second-order valence-corrected chi connectivity index (χ2v) is 9.11. The van der Waals surface area contributed by atoms with Crippen LogP contribution in [0.3, 0.4) is 0 Å². The normalized spacial score (nSPS) is 29.1. The fourth-order valence-electron chi connectivity index (χ4n) is 2.10. The van der Waals surface area contributed by atoms with Gasteiger partial charge in [-0.2, -0.15) is 10.5 Å². The van der Waals surface area contributed by atoms with Gasteiger partial charge in [-0.05, 0) is 34.6 Å². The summed E-state index contributed by atoms with van der Waals surface area (Å²) in [7, 11) is -0.648. The smallest absolute Gasteiger partial charge is 0.327 e. The fourth-order valence-corrected chi connectivity index (χ4v) is 4.03. The number of Topliss-reactive ketones (excluding diaryl/α,β-unsaturated/α-hetero) is 1. The van der Waals surface area contributed by atoms with Crippen LogP contribution >= 0.6 is 10.5 Å². The van der Waals surface area contributed by atoms with E-state index >= 15 is 0 Å². The molecule has 2 saturated heterocycles. The third-order valence-electron chi connectivity index (χ3n) is 3.68. The third kappa shape index (κ3) is 2.79. The first kappa shape index (κ1) is 18.3. The second-order valence-electron chi connectivity index (χ2n) is 6.76. The van der Waals surface area contributed by atoms with Gasteiger partial charge in [0, 0.05) is 4.75 Å². The van der Waals surface area contributed by atoms with Gasteiger partial charge in [-0.1, -0.05) is 5.87 Å². The summed E-state index contributed by atoms with van der Waals surface area (Å²) in [5.41, 5.74) is -0.583. The largest absolute Gasteiger partial charge is 0.481 e. The van der Waals surface area contributed by atoms with Gasteiger partial charge in [-0.3, -0.25) is 14.4 Å². The van der Waals surface area contributed by atoms with Crippen LogP contribution in [0.2, 0.25) is 0 Å². The molecule has 2 aliphatic heterocycles. The lowest BCUT2D eigenvalue weighted by molar-refractivity contribution is -0.164. The van der Waals surface area contributed by atoms with Crippen molar-refractivity contribution in [1.29, 1.82) is 0 Å². The van der Waals surface area contributed by atoms with E-state index in [-0.39, 0.29) is 0 Å². The summed E-state index contributed by atoms with van der Waals surface area (Å²) in [5.74, 6) is 0.841. The van der Waals surface area contributed by atoms with Crippen LogP contribution in [0.15, 0.2) is 0 Å². The van der Waals surface area contributed by atoms with Crippen molar-refractivity contribution in [1.82, 2.24) is 4.90 Å². The van der Waals surface area contributed by atoms with Gasteiger partial charge in [0.05, 0.1) is 5.41 Å². The lowest BCUT2D eigenvalue weighted by Crippen LogP contribution is -2.63. The number of carboxylic acid groups (broad SMARTS) is 2. The van der Waals surface area contributed by atoms with E-state index in [0.717, 1.165) is 0 Å². The highest BCUT2D eigenvalue weighted by Crippen LogP contribution is 2.52. The van der Waals surface area contributed by atoms with Gasteiger partial charge >= 0.3 is 11.9 Å². The number of nitrogens with zero attached hydrogens (tertiary/aromatic N) is 1. The quantitative estimate of drug-likeness (QED) is 0.417. The zero-order chi connectivity index (χ0) is 17.6. The zero-order valence-corrected chi connectivity index (χ0v) is 14.1. The van der Waals surface area contributed by atoms with Gasteiger partial charge in [-0.15, -0.1) is 0 Å². The molecule has 2 aliphatic rings. The molecule has 3 unspecified atom stereocenters. The van der Waals surface area contributed by atoms with Crippen LogP contribution < -0.4 is 0 Å². The van der Waals surface area contributed by atoms with Gasteiger partial charge in [-0.25, -0.2) is 4.79 Å². The number of β-lactam (4-membered cyclic amide) rings is 1. The van der Waals surface area contributed by atoms with Crippen molar-refractivity contribution in [3.8, 4) is 0 Å². The lowest BCUT2D eigenvalue weighted by atomic mass is 9.98. The molecule has 3 atom stereocenters. The molecule has 2 fully saturated rings. The van der Waals surface area contributed by atoms with Crippen LogP contribution in [-0.2, 0) is 19.2 Å². The molecule has 0 aromatic rings. The zero-order valence-electron chi connectivity index (χ0n) is 13.2. The van der Waals surface area contributed by atoms with E-state index in [1.54, 1.807) is 34.6 Å². The first-order chi connectivity index (χ1) is 9.74. The lowest BCUT2D eigenvalue weighted by Gasteiger charge is -2.35. The Hall–Kier alpha value is -1.70. The molecule has 22 heavy (non-hydrogen) atoms. The molecule has 0 spiro atoms. The van der Waals surface area contributed by atoms with Crippen molar-refractivity contribution in [2.75, 3.05) is 0 Å². The number of aliphatic carboxylic acids is 2. The molecule has 0 aromatic carbocycles. The van der Waals surface area contributed by atoms with Crippen LogP contribution in [0, 0.1) is 5.41 Å². The van der Waals surface area contributed by atoms with Gasteiger partial charge < -0.3 is 15.1 Å². The number of rotatable bonds is 1. The van der Waals surface area contributed by atoms with Crippen molar-refractivity contribution in [2.24, 2.45) is 5.41 Å². The molecule has 7 nitrogen and oxygen atoms in total. The maximum atomic E-state index is 11.3. The Morgan fingerprint density at radius 3 is 1.95 bits per heavy atom. The topological polar surface area (TPSA) is 112 Å². The Balaban J connectivity index is 0.000000295. The molecule has 124 valence electrons. The molecule has 0 aliphatic carbocycles. The van der Waals surface area contributed by atoms with Crippen molar-refractivity contribution in [3.63, 3.8) is 0 Å². The van der Waals surface area contributed by atoms with Crippen LogP contribution in [-0.4, -0.2) is 60.8 Å². The van der Waals surface area contributed by atoms with E-state index in [9.17, 15) is 19.2 Å². The SMILES string of the molecule is C=S1C2C(=O)C(=O)N2C(C(=O)O)C1(C)C.CC(C)(C)C(=O)O. The fraction of sp³-hybridized carbons (Fsp3) is 0.643. The van der Waals surface area contributed by atoms with E-state index in [2.05, 4.69) is 5.87 Å². The first-order valence-electron chi connectivity index (χ1n) is 6.60. The highest BCUT2D eigenvalue weighted by molar-refractivity contribution is 8.16. The molecule has 0 radical (unpaired) electrons. The number of hydrogen-bond donors (Lipinski definition) is 2. The molecule has 2 N–H and O–H groups in total. The number of hydrogen-bond acceptors (Lipinski definition) is 4. The van der Waals surface area contributed by atoms with Gasteiger partial charge in [0.1, 0.15) is 11.4 Å². The standard InChI is InChI=1S/C9H11NO4S.C5H10O2/c1-9(2)5(8(13)14)10-6(12)4(11)7(10)15(9)3;1-5(2,3)4(6)7/h5,7H,3H2,1-2H3,(H,13,14);1-3H3,(H,6,7). The molecule has 2 rings (SSSR count). The Morgan fingerprint density at radius 1 is 1.23 bits per heavy atom. The Labute approximate surface area is 131 Å². The second kappa shape index (κ2) is 5.49. The third-order valence-corrected chi connectivity index (χ3v) is 6.23. The summed E-state index contributed by atoms with van der Waals surface area (Å²) in [6.45, 7) is 8.46. The average molecular weight is 331 g/mol. The van der Waals surface area contributed by atoms with Crippen molar-refractivity contribution in [2.45, 2.75) is 50.8 Å². The Morgan fingerprint density at radius 2 is 1.64 bits per heavy atom. The summed E-state index contributed by atoms with van der Waals surface area (Å²) >= 11 is 0. The summed E-state index contributed by atoms with van der Waals surface area (Å²) in [4.78, 5) is 44.8. The predicted molar refractivity (Wildman–Crippen MR) is 82.9 cm³/mol. The number of carbonyl (C=O) groups excluding carboxylic acids is 2. The van der Waals surface area contributed by atoms with Crippen molar-refractivity contribution in [3.05, 3.63) is 0 Å². The van der Waals surface area contributed by atoms with E-state index in [4.69, 9.17) is 10.2 Å². The van der Waals surface area contributed by atoms with Gasteiger partial charge in [0.25, 0.3) is 11.7 Å². The molecule has 0 saturated carbocycles. The molecule has 0 aromatic heterocycles.